The lowest BCUT2D eigenvalue weighted by Gasteiger charge is -2.16. The number of esters is 2. The monoisotopic (exact) mass is 499 g/mol. The van der Waals surface area contributed by atoms with E-state index in [1.54, 1.807) is 13.1 Å². The zero-order chi connectivity index (χ0) is 25.5. The second-order valence-corrected chi connectivity index (χ2v) is 9.11. The molecule has 0 radical (unpaired) electrons. The number of H-pyrrole nitrogens is 1. The zero-order valence-corrected chi connectivity index (χ0v) is 21.0. The number of hydrogen-bond donors (Lipinski definition) is 3. The van der Waals surface area contributed by atoms with Crippen molar-refractivity contribution in [2.75, 3.05) is 18.5 Å². The van der Waals surface area contributed by atoms with Crippen molar-refractivity contribution in [1.29, 1.82) is 0 Å². The van der Waals surface area contributed by atoms with Crippen LogP contribution >= 0.6 is 11.3 Å². The van der Waals surface area contributed by atoms with E-state index in [0.29, 0.717) is 17.0 Å². The minimum Gasteiger partial charge on any atom is -0.462 e. The third kappa shape index (κ3) is 6.27. The number of aryl methyl sites for hydroxylation is 1. The summed E-state index contributed by atoms with van der Waals surface area (Å²) >= 11 is 1.27. The number of anilines is 1. The van der Waals surface area contributed by atoms with Crippen LogP contribution in [0, 0.1) is 6.92 Å². The average molecular weight is 500 g/mol. The molecular formula is C25H29N3O6S. The predicted molar refractivity (Wildman–Crippen MR) is 134 cm³/mol. The van der Waals surface area contributed by atoms with Crippen LogP contribution in [0.1, 0.15) is 47.1 Å². The van der Waals surface area contributed by atoms with E-state index in [4.69, 9.17) is 9.47 Å². The van der Waals surface area contributed by atoms with Crippen LogP contribution in [-0.4, -0.2) is 48.0 Å². The van der Waals surface area contributed by atoms with Gasteiger partial charge in [0.2, 0.25) is 5.91 Å². The predicted octanol–water partition coefficient (Wildman–Crippen LogP) is 3.51. The van der Waals surface area contributed by atoms with E-state index in [9.17, 15) is 19.2 Å². The first-order chi connectivity index (χ1) is 16.7. The fourth-order valence-corrected chi connectivity index (χ4v) is 5.02. The molecule has 0 saturated carbocycles. The highest BCUT2D eigenvalue weighted by atomic mass is 32.1. The number of aromatic amines is 1. The topological polar surface area (TPSA) is 127 Å². The summed E-state index contributed by atoms with van der Waals surface area (Å²) in [5.41, 5.74) is 2.88. The molecule has 35 heavy (non-hydrogen) atoms. The van der Waals surface area contributed by atoms with E-state index in [1.807, 2.05) is 38.1 Å². The molecule has 3 N–H and O–H groups in total. The van der Waals surface area contributed by atoms with E-state index >= 15 is 0 Å². The van der Waals surface area contributed by atoms with Gasteiger partial charge in [0.15, 0.2) is 6.61 Å². The first-order valence-electron chi connectivity index (χ1n) is 11.3. The zero-order valence-electron chi connectivity index (χ0n) is 20.2. The number of ether oxygens (including phenoxy) is 2. The number of benzene rings is 1. The van der Waals surface area contributed by atoms with Crippen LogP contribution in [0.3, 0.4) is 0 Å². The number of nitrogens with one attached hydrogen (secondary N) is 3. The third-order valence-corrected chi connectivity index (χ3v) is 6.46. The summed E-state index contributed by atoms with van der Waals surface area (Å²) in [6, 6.07) is 6.64. The number of amides is 2. The lowest BCUT2D eigenvalue weighted by atomic mass is 10.0. The van der Waals surface area contributed by atoms with Gasteiger partial charge in [-0.2, -0.15) is 0 Å². The Bertz CT molecular complexity index is 1250. The molecule has 1 aromatic carbocycles. The molecule has 9 nitrogen and oxygen atoms in total. The number of carbonyl (C=O) groups excluding carboxylic acids is 4. The Kier molecular flexibility index (Phi) is 8.64. The van der Waals surface area contributed by atoms with Crippen LogP contribution in [0.2, 0.25) is 0 Å². The van der Waals surface area contributed by atoms with Gasteiger partial charge in [-0.15, -0.1) is 11.3 Å². The summed E-state index contributed by atoms with van der Waals surface area (Å²) in [5, 5.41) is 6.54. The number of thiophene rings is 1. The van der Waals surface area contributed by atoms with Gasteiger partial charge in [-0.1, -0.05) is 25.1 Å². The van der Waals surface area contributed by atoms with Gasteiger partial charge in [0.05, 0.1) is 12.2 Å². The van der Waals surface area contributed by atoms with Crippen molar-refractivity contribution in [3.05, 3.63) is 52.0 Å². The maximum atomic E-state index is 12.8. The fraction of sp³-hybridized carbons (Fsp3) is 0.360. The van der Waals surface area contributed by atoms with Crippen molar-refractivity contribution in [3.63, 3.8) is 0 Å². The molecule has 0 fully saturated rings. The molecule has 3 aromatic rings. The van der Waals surface area contributed by atoms with Crippen molar-refractivity contribution in [1.82, 2.24) is 10.3 Å². The lowest BCUT2D eigenvalue weighted by Crippen LogP contribution is -2.43. The van der Waals surface area contributed by atoms with E-state index in [-0.39, 0.29) is 13.0 Å². The van der Waals surface area contributed by atoms with Crippen molar-refractivity contribution >= 4 is 51.0 Å². The van der Waals surface area contributed by atoms with Crippen molar-refractivity contribution in [3.8, 4) is 0 Å². The largest absolute Gasteiger partial charge is 0.462 e. The third-order valence-electron chi connectivity index (χ3n) is 5.40. The van der Waals surface area contributed by atoms with Gasteiger partial charge in [0, 0.05) is 35.3 Å². The summed E-state index contributed by atoms with van der Waals surface area (Å²) in [6.07, 6.45) is 2.58. The molecule has 0 unspecified atom stereocenters. The van der Waals surface area contributed by atoms with Gasteiger partial charge in [-0.3, -0.25) is 9.59 Å². The molecule has 0 saturated heterocycles. The van der Waals surface area contributed by atoms with E-state index < -0.39 is 36.4 Å². The maximum Gasteiger partial charge on any atom is 0.341 e. The van der Waals surface area contributed by atoms with Gasteiger partial charge in [-0.25, -0.2) is 9.59 Å². The van der Waals surface area contributed by atoms with Gasteiger partial charge >= 0.3 is 11.9 Å². The summed E-state index contributed by atoms with van der Waals surface area (Å²) in [4.78, 5) is 53.5. The Balaban J connectivity index is 1.68. The second kappa shape index (κ2) is 11.7. The Morgan fingerprint density at radius 2 is 1.86 bits per heavy atom. The molecular weight excluding hydrogens is 470 g/mol. The van der Waals surface area contributed by atoms with Crippen LogP contribution in [0.15, 0.2) is 30.5 Å². The van der Waals surface area contributed by atoms with Gasteiger partial charge < -0.3 is 25.1 Å². The summed E-state index contributed by atoms with van der Waals surface area (Å²) in [5.74, 6) is -2.23. The van der Waals surface area contributed by atoms with Crippen LogP contribution in [0.5, 0.6) is 0 Å². The number of hydrogen-bond acceptors (Lipinski definition) is 7. The van der Waals surface area contributed by atoms with Crippen LogP contribution in [0.4, 0.5) is 5.00 Å². The first-order valence-corrected chi connectivity index (χ1v) is 12.1. The number of fused-ring (bicyclic) bond motifs is 1. The minimum absolute atomic E-state index is 0.195. The molecule has 1 atom stereocenters. The average Bonchev–Trinajstić information content (AvgIpc) is 3.36. The molecule has 0 aliphatic rings. The highest BCUT2D eigenvalue weighted by molar-refractivity contribution is 7.16. The molecule has 10 heteroatoms. The normalized spacial score (nSPS) is 11.7. The highest BCUT2D eigenvalue weighted by Crippen LogP contribution is 2.34. The van der Waals surface area contributed by atoms with Crippen molar-refractivity contribution < 1.29 is 28.7 Å². The minimum atomic E-state index is -0.967. The molecule has 0 aliphatic carbocycles. The Morgan fingerprint density at radius 3 is 2.54 bits per heavy atom. The highest BCUT2D eigenvalue weighted by Gasteiger charge is 2.26. The summed E-state index contributed by atoms with van der Waals surface area (Å²) in [7, 11) is 0. The van der Waals surface area contributed by atoms with Gasteiger partial charge in [0.1, 0.15) is 11.0 Å². The Morgan fingerprint density at radius 1 is 1.11 bits per heavy atom. The summed E-state index contributed by atoms with van der Waals surface area (Å²) in [6.45, 7) is 6.45. The first kappa shape index (κ1) is 26.0. The molecule has 2 heterocycles. The molecule has 2 aromatic heterocycles. The standard InChI is InChI=1S/C25H29N3O6S/c1-5-17-14(3)35-23(22(17)25(32)33-6-2)28-21(30)13-34-24(31)20(27-15(4)29)11-16-12-26-19-10-8-7-9-18(16)19/h7-10,12,20,26H,5-6,11,13H2,1-4H3,(H,27,29)(H,28,30)/t20-/m1/s1. The van der Waals surface area contributed by atoms with Gasteiger partial charge in [0.25, 0.3) is 5.91 Å². The maximum absolute atomic E-state index is 12.8. The molecule has 3 rings (SSSR count). The summed E-state index contributed by atoms with van der Waals surface area (Å²) < 4.78 is 10.4. The number of rotatable bonds is 10. The van der Waals surface area contributed by atoms with E-state index in [0.717, 1.165) is 26.9 Å². The SMILES string of the molecule is CCOC(=O)c1c(NC(=O)COC(=O)[C@@H](Cc2c[nH]c3ccccc23)NC(C)=O)sc(C)c1CC. The quantitative estimate of drug-likeness (QED) is 0.367. The van der Waals surface area contributed by atoms with Crippen LogP contribution < -0.4 is 10.6 Å². The smallest absolute Gasteiger partial charge is 0.341 e. The molecule has 2 amide bonds. The van der Waals surface area contributed by atoms with Crippen molar-refractivity contribution in [2.45, 2.75) is 46.6 Å². The van der Waals surface area contributed by atoms with Gasteiger partial charge in [-0.05, 0) is 37.5 Å². The molecule has 0 spiro atoms. The lowest BCUT2D eigenvalue weighted by molar-refractivity contribution is -0.150. The number of carbonyl (C=O) groups is 4. The Labute approximate surface area is 207 Å². The molecule has 186 valence electrons. The number of aromatic nitrogens is 1. The molecule has 0 bridgehead atoms. The van der Waals surface area contributed by atoms with Crippen molar-refractivity contribution in [2.24, 2.45) is 0 Å². The van der Waals surface area contributed by atoms with Crippen LogP contribution in [0.25, 0.3) is 10.9 Å². The van der Waals surface area contributed by atoms with E-state index in [1.165, 1.54) is 18.3 Å². The fourth-order valence-electron chi connectivity index (χ4n) is 3.87. The Hall–Kier alpha value is -3.66. The van der Waals surface area contributed by atoms with E-state index in [2.05, 4.69) is 15.6 Å². The number of para-hydroxylation sites is 1. The van der Waals surface area contributed by atoms with Crippen LogP contribution in [-0.2, 0) is 36.7 Å². The molecule has 0 aliphatic heterocycles. The second-order valence-electron chi connectivity index (χ2n) is 7.89.